The molecule has 4 nitrogen and oxygen atoms in total. The van der Waals surface area contributed by atoms with Crippen LogP contribution in [-0.4, -0.2) is 12.1 Å². The summed E-state index contributed by atoms with van der Waals surface area (Å²) in [5.74, 6) is 0. The van der Waals surface area contributed by atoms with Gasteiger partial charge in [-0.1, -0.05) is 49.4 Å². The van der Waals surface area contributed by atoms with Crippen LogP contribution < -0.4 is 10.6 Å². The monoisotopic (exact) mass is 428 g/mol. The number of alkyl carbamates (subject to hydrolysis) is 1. The fourth-order valence-corrected chi connectivity index (χ4v) is 4.00. The molecule has 0 fully saturated rings. The second-order valence-electron chi connectivity index (χ2n) is 7.70. The van der Waals surface area contributed by atoms with E-state index in [4.69, 9.17) is 4.74 Å². The first-order chi connectivity index (χ1) is 14.8. The molecule has 4 rings (SSSR count). The summed E-state index contributed by atoms with van der Waals surface area (Å²) in [5, 5.41) is 8.05. The SMILES string of the molecule is CCC1CC(NC(=O)OCc2cccc3ccccc23)c2cc(C(F)(F)F)ccc2N1. The minimum atomic E-state index is -4.45. The molecular formula is C24H23F3N2O2. The first-order valence-electron chi connectivity index (χ1n) is 10.2. The molecule has 0 saturated heterocycles. The molecule has 0 saturated carbocycles. The van der Waals surface area contributed by atoms with E-state index in [1.54, 1.807) is 0 Å². The van der Waals surface area contributed by atoms with E-state index >= 15 is 0 Å². The Balaban J connectivity index is 1.51. The van der Waals surface area contributed by atoms with Crippen LogP contribution in [0.5, 0.6) is 0 Å². The van der Waals surface area contributed by atoms with E-state index in [1.807, 2.05) is 49.4 Å². The summed E-state index contributed by atoms with van der Waals surface area (Å²) in [5.41, 5.74) is 1.15. The van der Waals surface area contributed by atoms with Gasteiger partial charge < -0.3 is 15.4 Å². The number of benzene rings is 3. The normalized spacial score (nSPS) is 18.2. The maximum atomic E-state index is 13.2. The molecule has 0 spiro atoms. The Hall–Kier alpha value is -3.22. The van der Waals surface area contributed by atoms with Crippen LogP contribution in [0.2, 0.25) is 0 Å². The molecule has 2 atom stereocenters. The van der Waals surface area contributed by atoms with Gasteiger partial charge in [0, 0.05) is 11.7 Å². The maximum absolute atomic E-state index is 13.2. The molecule has 31 heavy (non-hydrogen) atoms. The van der Waals surface area contributed by atoms with Crippen molar-refractivity contribution in [3.05, 3.63) is 77.4 Å². The smallest absolute Gasteiger partial charge is 0.416 e. The Bertz CT molecular complexity index is 1090. The van der Waals surface area contributed by atoms with E-state index in [0.29, 0.717) is 17.7 Å². The van der Waals surface area contributed by atoms with Crippen LogP contribution in [0.1, 0.15) is 42.5 Å². The Morgan fingerprint density at radius 2 is 1.90 bits per heavy atom. The number of hydrogen-bond donors (Lipinski definition) is 2. The third-order valence-electron chi connectivity index (χ3n) is 5.66. The van der Waals surface area contributed by atoms with Crippen LogP contribution in [0.4, 0.5) is 23.7 Å². The molecule has 1 aliphatic heterocycles. The third-order valence-corrected chi connectivity index (χ3v) is 5.66. The molecule has 0 aliphatic carbocycles. The first-order valence-corrected chi connectivity index (χ1v) is 10.2. The highest BCUT2D eigenvalue weighted by molar-refractivity contribution is 5.85. The van der Waals surface area contributed by atoms with Crippen LogP contribution in [0.3, 0.4) is 0 Å². The lowest BCUT2D eigenvalue weighted by Gasteiger charge is -2.33. The average Bonchev–Trinajstić information content (AvgIpc) is 2.76. The lowest BCUT2D eigenvalue weighted by molar-refractivity contribution is -0.137. The zero-order chi connectivity index (χ0) is 22.0. The second kappa shape index (κ2) is 8.49. The minimum Gasteiger partial charge on any atom is -0.445 e. The zero-order valence-electron chi connectivity index (χ0n) is 17.0. The second-order valence-corrected chi connectivity index (χ2v) is 7.70. The number of carbonyl (C=O) groups is 1. The molecule has 3 aromatic rings. The first kappa shape index (κ1) is 21.0. The van der Waals surface area contributed by atoms with Gasteiger partial charge in [-0.3, -0.25) is 0 Å². The molecule has 0 radical (unpaired) electrons. The summed E-state index contributed by atoms with van der Waals surface area (Å²) in [6.45, 7) is 2.06. The van der Waals surface area contributed by atoms with Crippen molar-refractivity contribution in [2.24, 2.45) is 0 Å². The van der Waals surface area contributed by atoms with E-state index in [9.17, 15) is 18.0 Å². The van der Waals surface area contributed by atoms with Crippen molar-refractivity contribution >= 4 is 22.6 Å². The summed E-state index contributed by atoms with van der Waals surface area (Å²) in [6, 6.07) is 16.6. The van der Waals surface area contributed by atoms with Crippen molar-refractivity contribution in [2.45, 2.75) is 44.6 Å². The van der Waals surface area contributed by atoms with Gasteiger partial charge in [-0.15, -0.1) is 0 Å². The Kier molecular flexibility index (Phi) is 5.76. The molecule has 1 aliphatic rings. The van der Waals surface area contributed by atoms with E-state index in [1.165, 1.54) is 6.07 Å². The van der Waals surface area contributed by atoms with Crippen LogP contribution in [0.25, 0.3) is 10.8 Å². The van der Waals surface area contributed by atoms with E-state index in [2.05, 4.69) is 10.6 Å². The molecule has 2 N–H and O–H groups in total. The average molecular weight is 428 g/mol. The van der Waals surface area contributed by atoms with Gasteiger partial charge in [0.05, 0.1) is 11.6 Å². The summed E-state index contributed by atoms with van der Waals surface area (Å²) < 4.78 is 45.0. The zero-order valence-corrected chi connectivity index (χ0v) is 17.0. The lowest BCUT2D eigenvalue weighted by atomic mass is 9.90. The molecule has 162 valence electrons. The Morgan fingerprint density at radius 3 is 2.68 bits per heavy atom. The summed E-state index contributed by atoms with van der Waals surface area (Å²) in [7, 11) is 0. The van der Waals surface area contributed by atoms with Gasteiger partial charge in [0.15, 0.2) is 0 Å². The van der Waals surface area contributed by atoms with Crippen molar-refractivity contribution in [1.29, 1.82) is 0 Å². The van der Waals surface area contributed by atoms with E-state index in [0.717, 1.165) is 34.9 Å². The highest BCUT2D eigenvalue weighted by Crippen LogP contribution is 2.38. The van der Waals surface area contributed by atoms with Crippen molar-refractivity contribution in [3.63, 3.8) is 0 Å². The number of halogens is 3. The summed E-state index contributed by atoms with van der Waals surface area (Å²) >= 11 is 0. The molecule has 1 heterocycles. The van der Waals surface area contributed by atoms with E-state index < -0.39 is 23.9 Å². The van der Waals surface area contributed by atoms with Crippen molar-refractivity contribution in [3.8, 4) is 0 Å². The predicted octanol–water partition coefficient (Wildman–Crippen LogP) is 6.42. The molecule has 0 bridgehead atoms. The van der Waals surface area contributed by atoms with Crippen LogP contribution in [0, 0.1) is 0 Å². The van der Waals surface area contributed by atoms with Crippen LogP contribution in [-0.2, 0) is 17.5 Å². The number of carbonyl (C=O) groups excluding carboxylic acids is 1. The Morgan fingerprint density at radius 1 is 1.13 bits per heavy atom. The molecule has 7 heteroatoms. The number of rotatable bonds is 4. The fourth-order valence-electron chi connectivity index (χ4n) is 4.00. The number of anilines is 1. The maximum Gasteiger partial charge on any atom is 0.416 e. The van der Waals surface area contributed by atoms with Gasteiger partial charge in [0.2, 0.25) is 0 Å². The highest BCUT2D eigenvalue weighted by atomic mass is 19.4. The van der Waals surface area contributed by atoms with Gasteiger partial charge in [-0.05, 0) is 52.9 Å². The standard InChI is InChI=1S/C24H23F3N2O2/c1-2-18-13-22(20-12-17(24(25,26)27)10-11-21(20)28-18)29-23(30)31-14-16-8-5-7-15-6-3-4-9-19(15)16/h3-12,18,22,28H,2,13-14H2,1H3,(H,29,30). The van der Waals surface area contributed by atoms with Crippen molar-refractivity contribution < 1.29 is 22.7 Å². The van der Waals surface area contributed by atoms with Crippen molar-refractivity contribution in [2.75, 3.05) is 5.32 Å². The van der Waals surface area contributed by atoms with Gasteiger partial charge >= 0.3 is 12.3 Å². The van der Waals surface area contributed by atoms with Crippen LogP contribution >= 0.6 is 0 Å². The minimum absolute atomic E-state index is 0.0487. The number of alkyl halides is 3. The number of amides is 1. The molecule has 0 aromatic heterocycles. The van der Waals surface area contributed by atoms with Gasteiger partial charge in [-0.25, -0.2) is 4.79 Å². The number of fused-ring (bicyclic) bond motifs is 2. The number of hydrogen-bond acceptors (Lipinski definition) is 3. The van der Waals surface area contributed by atoms with E-state index in [-0.39, 0.29) is 12.6 Å². The quantitative estimate of drug-likeness (QED) is 0.504. The van der Waals surface area contributed by atoms with Crippen LogP contribution in [0.15, 0.2) is 60.7 Å². The number of nitrogens with one attached hydrogen (secondary N) is 2. The molecule has 1 amide bonds. The van der Waals surface area contributed by atoms with Crippen molar-refractivity contribution in [1.82, 2.24) is 5.32 Å². The molecule has 3 aromatic carbocycles. The number of ether oxygens (including phenoxy) is 1. The largest absolute Gasteiger partial charge is 0.445 e. The Labute approximate surface area is 178 Å². The molecule has 2 unspecified atom stereocenters. The van der Waals surface area contributed by atoms with Gasteiger partial charge in [-0.2, -0.15) is 13.2 Å². The summed E-state index contributed by atoms with van der Waals surface area (Å²) in [6.07, 6.45) is -3.84. The third kappa shape index (κ3) is 4.60. The topological polar surface area (TPSA) is 50.4 Å². The highest BCUT2D eigenvalue weighted by Gasteiger charge is 2.34. The fraction of sp³-hybridized carbons (Fsp3) is 0.292. The molecular weight excluding hydrogens is 405 g/mol. The van der Waals surface area contributed by atoms with Gasteiger partial charge in [0.1, 0.15) is 6.61 Å². The predicted molar refractivity (Wildman–Crippen MR) is 114 cm³/mol. The summed E-state index contributed by atoms with van der Waals surface area (Å²) in [4.78, 5) is 12.5. The lowest BCUT2D eigenvalue weighted by Crippen LogP contribution is -2.37. The van der Waals surface area contributed by atoms with Gasteiger partial charge in [0.25, 0.3) is 0 Å².